The molecule has 1 aromatic rings. The van der Waals surface area contributed by atoms with Crippen LogP contribution in [0.1, 0.15) is 12.8 Å². The molecular weight excluding hydrogens is 280 g/mol. The SMILES string of the molecule is O=C(Nc1cnc(N2CCNCC2)nc1)[C@]12CC[C@H]1CNC2. The Morgan fingerprint density at radius 2 is 2.05 bits per heavy atom. The van der Waals surface area contributed by atoms with Gasteiger partial charge in [0.05, 0.1) is 23.5 Å². The fourth-order valence-electron chi connectivity index (χ4n) is 3.75. The highest BCUT2D eigenvalue weighted by molar-refractivity contribution is 5.96. The van der Waals surface area contributed by atoms with E-state index < -0.39 is 0 Å². The van der Waals surface area contributed by atoms with Gasteiger partial charge in [0.1, 0.15) is 0 Å². The summed E-state index contributed by atoms with van der Waals surface area (Å²) in [5.74, 6) is 1.35. The number of nitrogens with one attached hydrogen (secondary N) is 3. The van der Waals surface area contributed by atoms with Crippen molar-refractivity contribution < 1.29 is 4.79 Å². The van der Waals surface area contributed by atoms with Crippen molar-refractivity contribution in [2.24, 2.45) is 11.3 Å². The van der Waals surface area contributed by atoms with Gasteiger partial charge in [-0.05, 0) is 25.3 Å². The Labute approximate surface area is 129 Å². The van der Waals surface area contributed by atoms with Gasteiger partial charge < -0.3 is 20.9 Å². The van der Waals surface area contributed by atoms with Crippen LogP contribution in [-0.2, 0) is 4.79 Å². The molecule has 7 nitrogen and oxygen atoms in total. The number of aromatic nitrogens is 2. The lowest BCUT2D eigenvalue weighted by Crippen LogP contribution is -2.49. The maximum atomic E-state index is 12.6. The van der Waals surface area contributed by atoms with Crippen LogP contribution in [0.15, 0.2) is 12.4 Å². The molecule has 2 saturated heterocycles. The number of fused-ring (bicyclic) bond motifs is 1. The van der Waals surface area contributed by atoms with E-state index in [0.717, 1.165) is 58.1 Å². The number of piperazine rings is 1. The number of hydrogen-bond acceptors (Lipinski definition) is 6. The van der Waals surface area contributed by atoms with Gasteiger partial charge in [-0.2, -0.15) is 0 Å². The third kappa shape index (κ3) is 2.24. The van der Waals surface area contributed by atoms with Crippen molar-refractivity contribution >= 4 is 17.5 Å². The molecular formula is C15H22N6O. The first kappa shape index (κ1) is 13.9. The van der Waals surface area contributed by atoms with Gasteiger partial charge in [0.15, 0.2) is 0 Å². The molecule has 2 aliphatic heterocycles. The second-order valence-electron chi connectivity index (χ2n) is 6.49. The van der Waals surface area contributed by atoms with Gasteiger partial charge in [0.25, 0.3) is 0 Å². The van der Waals surface area contributed by atoms with E-state index in [1.807, 2.05) is 0 Å². The first-order valence-corrected chi connectivity index (χ1v) is 8.08. The van der Waals surface area contributed by atoms with E-state index >= 15 is 0 Å². The Kier molecular flexibility index (Phi) is 3.46. The lowest BCUT2D eigenvalue weighted by molar-refractivity contribution is -0.132. The van der Waals surface area contributed by atoms with E-state index in [0.29, 0.717) is 11.6 Å². The van der Waals surface area contributed by atoms with Gasteiger partial charge in [-0.15, -0.1) is 0 Å². The normalized spacial score (nSPS) is 30.5. The van der Waals surface area contributed by atoms with Gasteiger partial charge in [-0.3, -0.25) is 4.79 Å². The van der Waals surface area contributed by atoms with Crippen LogP contribution < -0.4 is 20.9 Å². The van der Waals surface area contributed by atoms with Crippen LogP contribution >= 0.6 is 0 Å². The summed E-state index contributed by atoms with van der Waals surface area (Å²) in [6.45, 7) is 5.51. The summed E-state index contributed by atoms with van der Waals surface area (Å²) in [7, 11) is 0. The molecule has 0 spiro atoms. The lowest BCUT2D eigenvalue weighted by atomic mass is 9.61. The topological polar surface area (TPSA) is 82.2 Å². The number of carbonyl (C=O) groups is 1. The fourth-order valence-corrected chi connectivity index (χ4v) is 3.75. The third-order valence-corrected chi connectivity index (χ3v) is 5.30. The van der Waals surface area contributed by atoms with Crippen LogP contribution in [0.3, 0.4) is 0 Å². The molecule has 0 unspecified atom stereocenters. The van der Waals surface area contributed by atoms with Crippen LogP contribution in [0.5, 0.6) is 0 Å². The molecule has 3 fully saturated rings. The van der Waals surface area contributed by atoms with Gasteiger partial charge in [0, 0.05) is 32.7 Å². The molecule has 22 heavy (non-hydrogen) atoms. The minimum Gasteiger partial charge on any atom is -0.338 e. The largest absolute Gasteiger partial charge is 0.338 e. The molecule has 1 aliphatic carbocycles. The molecule has 0 radical (unpaired) electrons. The second-order valence-corrected chi connectivity index (χ2v) is 6.49. The molecule has 4 rings (SSSR count). The Hall–Kier alpha value is -1.73. The molecule has 3 N–H and O–H groups in total. The summed E-state index contributed by atoms with van der Waals surface area (Å²) in [6, 6.07) is 0. The lowest BCUT2D eigenvalue weighted by Gasteiger charge is -2.42. The van der Waals surface area contributed by atoms with Crippen molar-refractivity contribution in [2.45, 2.75) is 12.8 Å². The van der Waals surface area contributed by atoms with Gasteiger partial charge >= 0.3 is 0 Å². The van der Waals surface area contributed by atoms with Crippen LogP contribution in [0, 0.1) is 11.3 Å². The van der Waals surface area contributed by atoms with Gasteiger partial charge in [-0.1, -0.05) is 0 Å². The van der Waals surface area contributed by atoms with Gasteiger partial charge in [-0.25, -0.2) is 9.97 Å². The maximum Gasteiger partial charge on any atom is 0.232 e. The molecule has 0 aromatic carbocycles. The summed E-state index contributed by atoms with van der Waals surface area (Å²) in [5, 5.41) is 9.65. The fraction of sp³-hybridized carbons (Fsp3) is 0.667. The van der Waals surface area contributed by atoms with Crippen LogP contribution in [0.25, 0.3) is 0 Å². The summed E-state index contributed by atoms with van der Waals surface area (Å²) < 4.78 is 0. The molecule has 1 amide bonds. The molecule has 118 valence electrons. The highest BCUT2D eigenvalue weighted by Gasteiger charge is 2.55. The highest BCUT2D eigenvalue weighted by Crippen LogP contribution is 2.49. The van der Waals surface area contributed by atoms with Crippen LogP contribution in [0.2, 0.25) is 0 Å². The van der Waals surface area contributed by atoms with Gasteiger partial charge in [0.2, 0.25) is 11.9 Å². The van der Waals surface area contributed by atoms with E-state index in [-0.39, 0.29) is 11.3 Å². The number of anilines is 2. The number of carbonyl (C=O) groups excluding carboxylic acids is 1. The molecule has 3 aliphatic rings. The number of amides is 1. The van der Waals surface area contributed by atoms with Crippen LogP contribution in [-0.4, -0.2) is 55.1 Å². The zero-order valence-electron chi connectivity index (χ0n) is 12.6. The molecule has 1 aromatic heterocycles. The molecule has 7 heteroatoms. The zero-order valence-corrected chi connectivity index (χ0v) is 12.6. The summed E-state index contributed by atoms with van der Waals surface area (Å²) in [5.41, 5.74) is 0.493. The van der Waals surface area contributed by atoms with Crippen molar-refractivity contribution in [1.29, 1.82) is 0 Å². The first-order valence-electron chi connectivity index (χ1n) is 8.08. The molecule has 1 saturated carbocycles. The van der Waals surface area contributed by atoms with Crippen molar-refractivity contribution in [3.8, 4) is 0 Å². The molecule has 0 bridgehead atoms. The first-order chi connectivity index (χ1) is 10.8. The average molecular weight is 302 g/mol. The Bertz CT molecular complexity index is 556. The van der Waals surface area contributed by atoms with Crippen molar-refractivity contribution in [3.05, 3.63) is 12.4 Å². The van der Waals surface area contributed by atoms with Crippen molar-refractivity contribution in [1.82, 2.24) is 20.6 Å². The predicted molar refractivity (Wildman–Crippen MR) is 83.8 cm³/mol. The van der Waals surface area contributed by atoms with Crippen LogP contribution in [0.4, 0.5) is 11.6 Å². The predicted octanol–water partition coefficient (Wildman–Crippen LogP) is -0.176. The number of hydrogen-bond donors (Lipinski definition) is 3. The van der Waals surface area contributed by atoms with E-state index in [2.05, 4.69) is 30.8 Å². The van der Waals surface area contributed by atoms with Crippen molar-refractivity contribution in [3.63, 3.8) is 0 Å². The van der Waals surface area contributed by atoms with E-state index in [9.17, 15) is 4.79 Å². The van der Waals surface area contributed by atoms with E-state index in [4.69, 9.17) is 0 Å². The Morgan fingerprint density at radius 3 is 2.68 bits per heavy atom. The standard InChI is InChI=1S/C15H22N6O/c22-13(15-2-1-11(15)7-17-10-15)20-12-8-18-14(19-9-12)21-5-3-16-4-6-21/h8-9,11,16-17H,1-7,10H2,(H,20,22)/t11-,15-/m0/s1. The van der Waals surface area contributed by atoms with E-state index in [1.165, 1.54) is 0 Å². The average Bonchev–Trinajstić information content (AvgIpc) is 2.84. The second kappa shape index (κ2) is 5.48. The Morgan fingerprint density at radius 1 is 1.27 bits per heavy atom. The number of nitrogens with zero attached hydrogens (tertiary/aromatic N) is 3. The number of rotatable bonds is 3. The molecule has 3 heterocycles. The summed E-state index contributed by atoms with van der Waals surface area (Å²) >= 11 is 0. The smallest absolute Gasteiger partial charge is 0.232 e. The minimum atomic E-state index is -0.197. The van der Waals surface area contributed by atoms with Crippen molar-refractivity contribution in [2.75, 3.05) is 49.5 Å². The van der Waals surface area contributed by atoms with E-state index in [1.54, 1.807) is 12.4 Å². The minimum absolute atomic E-state index is 0.118. The summed E-state index contributed by atoms with van der Waals surface area (Å²) in [6.07, 6.45) is 5.57. The third-order valence-electron chi connectivity index (χ3n) is 5.30. The highest BCUT2D eigenvalue weighted by atomic mass is 16.2. The molecule has 2 atom stereocenters. The Balaban J connectivity index is 1.42. The maximum absolute atomic E-state index is 12.6. The zero-order chi connectivity index (χ0) is 15.0. The quantitative estimate of drug-likeness (QED) is 0.719. The summed E-state index contributed by atoms with van der Waals surface area (Å²) in [4.78, 5) is 23.5. The monoisotopic (exact) mass is 302 g/mol.